The van der Waals surface area contributed by atoms with Gasteiger partial charge >= 0.3 is 5.97 Å². The maximum absolute atomic E-state index is 13.1. The molecule has 5 heteroatoms. The zero-order valence-electron chi connectivity index (χ0n) is 13.3. The lowest BCUT2D eigenvalue weighted by molar-refractivity contribution is -0.137. The fraction of sp³-hybridized carbons (Fsp3) is 0.222. The molecular weight excluding hydrogens is 295 g/mol. The first-order valence-electron chi connectivity index (χ1n) is 7.21. The lowest BCUT2D eigenvalue weighted by atomic mass is 10.1. The topological polar surface area (TPSA) is 55.0 Å². The van der Waals surface area contributed by atoms with E-state index >= 15 is 0 Å². The summed E-state index contributed by atoms with van der Waals surface area (Å²) in [4.78, 5) is 11.7. The van der Waals surface area contributed by atoms with E-state index in [-0.39, 0.29) is 18.0 Å². The summed E-state index contributed by atoms with van der Waals surface area (Å²) in [6, 6.07) is 9.88. The summed E-state index contributed by atoms with van der Waals surface area (Å²) in [5.74, 6) is -0.938. The van der Waals surface area contributed by atoms with E-state index in [1.807, 2.05) is 30.6 Å². The van der Waals surface area contributed by atoms with Crippen LogP contribution in [0.15, 0.2) is 35.9 Å². The lowest BCUT2D eigenvalue weighted by Gasteiger charge is -2.09. The summed E-state index contributed by atoms with van der Waals surface area (Å²) < 4.78 is 19.9. The Morgan fingerprint density at radius 3 is 2.57 bits per heavy atom. The van der Waals surface area contributed by atoms with Crippen molar-refractivity contribution in [1.29, 1.82) is 5.26 Å². The van der Waals surface area contributed by atoms with Crippen LogP contribution in [0, 0.1) is 31.0 Å². The minimum Gasteiger partial charge on any atom is -0.462 e. The smallest absolute Gasteiger partial charge is 0.348 e. The van der Waals surface area contributed by atoms with Crippen LogP contribution in [0.1, 0.15) is 23.9 Å². The highest BCUT2D eigenvalue weighted by Crippen LogP contribution is 2.23. The lowest BCUT2D eigenvalue weighted by Crippen LogP contribution is -2.06. The SMILES string of the molecule is CCOC(=O)/C(C#N)=C/c1cc(C)n(-c2ccc(F)cc2)c1C. The predicted molar refractivity (Wildman–Crippen MR) is 85.4 cm³/mol. The number of nitrogens with zero attached hydrogens (tertiary/aromatic N) is 2. The number of nitriles is 1. The average molecular weight is 312 g/mol. The molecule has 0 amide bonds. The molecule has 0 bridgehead atoms. The molecule has 0 atom stereocenters. The number of halogens is 1. The van der Waals surface area contributed by atoms with Crippen LogP contribution in [0.5, 0.6) is 0 Å². The van der Waals surface area contributed by atoms with Crippen molar-refractivity contribution < 1.29 is 13.9 Å². The van der Waals surface area contributed by atoms with Gasteiger partial charge in [0.25, 0.3) is 0 Å². The Hall–Kier alpha value is -2.87. The number of rotatable bonds is 4. The molecule has 1 heterocycles. The normalized spacial score (nSPS) is 11.2. The Morgan fingerprint density at radius 2 is 2.00 bits per heavy atom. The van der Waals surface area contributed by atoms with E-state index in [0.717, 1.165) is 22.6 Å². The molecule has 0 unspecified atom stereocenters. The Labute approximate surface area is 134 Å². The summed E-state index contributed by atoms with van der Waals surface area (Å²) >= 11 is 0. The van der Waals surface area contributed by atoms with Crippen LogP contribution in [-0.4, -0.2) is 17.1 Å². The van der Waals surface area contributed by atoms with E-state index in [4.69, 9.17) is 10.00 Å². The number of esters is 1. The minimum atomic E-state index is -0.637. The molecular formula is C18H17FN2O2. The zero-order valence-corrected chi connectivity index (χ0v) is 13.3. The monoisotopic (exact) mass is 312 g/mol. The summed E-state index contributed by atoms with van der Waals surface area (Å²) in [5.41, 5.74) is 3.28. The summed E-state index contributed by atoms with van der Waals surface area (Å²) in [7, 11) is 0. The number of carbonyl (C=O) groups is 1. The number of hydrogen-bond acceptors (Lipinski definition) is 3. The number of aromatic nitrogens is 1. The van der Waals surface area contributed by atoms with Gasteiger partial charge in [-0.1, -0.05) is 0 Å². The van der Waals surface area contributed by atoms with Gasteiger partial charge in [-0.05, 0) is 62.7 Å². The van der Waals surface area contributed by atoms with Gasteiger partial charge in [0, 0.05) is 17.1 Å². The second-order valence-corrected chi connectivity index (χ2v) is 5.03. The van der Waals surface area contributed by atoms with Crippen LogP contribution in [-0.2, 0) is 9.53 Å². The molecule has 0 radical (unpaired) electrons. The third kappa shape index (κ3) is 3.49. The largest absolute Gasteiger partial charge is 0.462 e. The molecule has 0 aliphatic heterocycles. The van der Waals surface area contributed by atoms with Crippen LogP contribution in [0.3, 0.4) is 0 Å². The van der Waals surface area contributed by atoms with Crippen molar-refractivity contribution in [2.24, 2.45) is 0 Å². The van der Waals surface area contributed by atoms with Crippen LogP contribution >= 0.6 is 0 Å². The average Bonchev–Trinajstić information content (AvgIpc) is 2.80. The van der Waals surface area contributed by atoms with Gasteiger partial charge in [-0.15, -0.1) is 0 Å². The molecule has 0 spiro atoms. The fourth-order valence-corrected chi connectivity index (χ4v) is 2.42. The number of benzene rings is 1. The molecule has 23 heavy (non-hydrogen) atoms. The van der Waals surface area contributed by atoms with Crippen molar-refractivity contribution in [2.75, 3.05) is 6.61 Å². The van der Waals surface area contributed by atoms with E-state index in [1.165, 1.54) is 18.2 Å². The third-order valence-corrected chi connectivity index (χ3v) is 3.47. The molecule has 1 aromatic heterocycles. The fourth-order valence-electron chi connectivity index (χ4n) is 2.42. The minimum absolute atomic E-state index is 0.0498. The maximum Gasteiger partial charge on any atom is 0.348 e. The number of aryl methyl sites for hydroxylation is 1. The Morgan fingerprint density at radius 1 is 1.35 bits per heavy atom. The summed E-state index contributed by atoms with van der Waals surface area (Å²) in [6.07, 6.45) is 1.51. The molecule has 2 aromatic rings. The van der Waals surface area contributed by atoms with E-state index in [0.29, 0.717) is 0 Å². The maximum atomic E-state index is 13.1. The van der Waals surface area contributed by atoms with E-state index < -0.39 is 5.97 Å². The van der Waals surface area contributed by atoms with Crippen LogP contribution in [0.25, 0.3) is 11.8 Å². The van der Waals surface area contributed by atoms with Gasteiger partial charge in [0.15, 0.2) is 0 Å². The molecule has 1 aromatic carbocycles. The predicted octanol–water partition coefficient (Wildman–Crippen LogP) is 3.70. The van der Waals surface area contributed by atoms with Gasteiger partial charge < -0.3 is 9.30 Å². The first-order valence-corrected chi connectivity index (χ1v) is 7.21. The molecule has 0 N–H and O–H groups in total. The quantitative estimate of drug-likeness (QED) is 0.491. The summed E-state index contributed by atoms with van der Waals surface area (Å²) in [5, 5.41) is 9.13. The van der Waals surface area contributed by atoms with Gasteiger partial charge in [0.05, 0.1) is 6.61 Å². The van der Waals surface area contributed by atoms with Crippen LogP contribution < -0.4 is 0 Å². The molecule has 0 aliphatic rings. The van der Waals surface area contributed by atoms with E-state index in [1.54, 1.807) is 19.1 Å². The standard InChI is InChI=1S/C18H17FN2O2/c1-4-23-18(22)15(11-20)10-14-9-12(2)21(13(14)3)17-7-5-16(19)6-8-17/h5-10H,4H2,1-3H3/b15-10+. The molecule has 0 fully saturated rings. The van der Waals surface area contributed by atoms with Crippen molar-refractivity contribution in [1.82, 2.24) is 4.57 Å². The Bertz CT molecular complexity index is 796. The molecule has 0 saturated carbocycles. The molecule has 118 valence electrons. The molecule has 2 rings (SSSR count). The van der Waals surface area contributed by atoms with Gasteiger partial charge in [-0.3, -0.25) is 0 Å². The highest BCUT2D eigenvalue weighted by molar-refractivity contribution is 5.98. The van der Waals surface area contributed by atoms with Gasteiger partial charge in [-0.2, -0.15) is 5.26 Å². The van der Waals surface area contributed by atoms with Crippen molar-refractivity contribution in [3.63, 3.8) is 0 Å². The van der Waals surface area contributed by atoms with Crippen LogP contribution in [0.4, 0.5) is 4.39 Å². The first-order chi connectivity index (χ1) is 11.0. The number of carbonyl (C=O) groups excluding carboxylic acids is 1. The highest BCUT2D eigenvalue weighted by atomic mass is 19.1. The van der Waals surface area contributed by atoms with Crippen LogP contribution in [0.2, 0.25) is 0 Å². The van der Waals surface area contributed by atoms with Crippen molar-refractivity contribution >= 4 is 12.0 Å². The van der Waals surface area contributed by atoms with Crippen molar-refractivity contribution in [3.8, 4) is 11.8 Å². The molecule has 0 aliphatic carbocycles. The molecule has 0 saturated heterocycles. The summed E-state index contributed by atoms with van der Waals surface area (Å²) in [6.45, 7) is 5.69. The third-order valence-electron chi connectivity index (χ3n) is 3.47. The Balaban J connectivity index is 2.47. The number of ether oxygens (including phenoxy) is 1. The molecule has 4 nitrogen and oxygen atoms in total. The first kappa shape index (κ1) is 16.5. The van der Waals surface area contributed by atoms with Crippen molar-refractivity contribution in [3.05, 3.63) is 58.7 Å². The number of hydrogen-bond donors (Lipinski definition) is 0. The van der Waals surface area contributed by atoms with Gasteiger partial charge in [-0.25, -0.2) is 9.18 Å². The van der Waals surface area contributed by atoms with Gasteiger partial charge in [0.2, 0.25) is 0 Å². The van der Waals surface area contributed by atoms with Crippen molar-refractivity contribution in [2.45, 2.75) is 20.8 Å². The van der Waals surface area contributed by atoms with Gasteiger partial charge in [0.1, 0.15) is 17.5 Å². The second kappa shape index (κ2) is 6.93. The Kier molecular flexibility index (Phi) is 4.97. The zero-order chi connectivity index (χ0) is 17.0. The van der Waals surface area contributed by atoms with E-state index in [2.05, 4.69) is 0 Å². The highest BCUT2D eigenvalue weighted by Gasteiger charge is 2.14. The van der Waals surface area contributed by atoms with E-state index in [9.17, 15) is 9.18 Å². The second-order valence-electron chi connectivity index (χ2n) is 5.03.